The number of carboxylic acid groups (broad SMARTS) is 2. The standard InChI is InChI=1S/C42H64N6O10S/c1-24(2)29(47(10)39(56)35(41(4,5)6)46-37(54)34(44-9)42(7,8)26-15-12-11-13-16-26)21-25(3)36(53)45-28(18-19-33(51)52)30(49)17-14-20-48-32(50)22-31(38(48)55)59-23-27(43)40(57)58/h11-13,15-16,21,24,27-29,31,34-35,44H,14,17-20,22-23,43H2,1-10H3,(H,45,53)(H,46,54)(H,51,52)(H,57,58)/b25-21+/t27-,28+,29+,31?,34+,35+/m0/s1. The molecule has 0 aliphatic carbocycles. The van der Waals surface area contributed by atoms with E-state index in [0.717, 1.165) is 22.2 Å². The van der Waals surface area contributed by atoms with Gasteiger partial charge in [0.25, 0.3) is 0 Å². The van der Waals surface area contributed by atoms with Gasteiger partial charge >= 0.3 is 11.9 Å². The van der Waals surface area contributed by atoms with Crippen molar-refractivity contribution in [3.8, 4) is 0 Å². The molecule has 1 aromatic carbocycles. The van der Waals surface area contributed by atoms with Gasteiger partial charge in [-0.2, -0.15) is 0 Å². The Balaban J connectivity index is 2.21. The number of nitrogens with zero attached hydrogens (tertiary/aromatic N) is 2. The molecule has 0 aromatic heterocycles. The van der Waals surface area contributed by atoms with Crippen molar-refractivity contribution in [3.63, 3.8) is 0 Å². The molecular weight excluding hydrogens is 781 g/mol. The molecule has 6 atom stereocenters. The minimum atomic E-state index is -1.23. The molecule has 1 aromatic rings. The fourth-order valence-electron chi connectivity index (χ4n) is 6.91. The highest BCUT2D eigenvalue weighted by molar-refractivity contribution is 8.00. The van der Waals surface area contributed by atoms with Crippen molar-refractivity contribution in [1.82, 2.24) is 25.8 Å². The second-order valence-corrected chi connectivity index (χ2v) is 18.3. The quantitative estimate of drug-likeness (QED) is 0.0686. The highest BCUT2D eigenvalue weighted by Crippen LogP contribution is 2.30. The summed E-state index contributed by atoms with van der Waals surface area (Å²) in [7, 11) is 3.30. The maximum absolute atomic E-state index is 14.3. The number of carbonyl (C=O) groups is 8. The molecule has 7 N–H and O–H groups in total. The van der Waals surface area contributed by atoms with Crippen LogP contribution in [0.25, 0.3) is 0 Å². The van der Waals surface area contributed by atoms with Crippen LogP contribution in [0.5, 0.6) is 0 Å². The zero-order valence-corrected chi connectivity index (χ0v) is 36.8. The van der Waals surface area contributed by atoms with E-state index in [1.807, 2.05) is 78.8 Å². The van der Waals surface area contributed by atoms with Crippen molar-refractivity contribution >= 4 is 59.0 Å². The Kier molecular flexibility index (Phi) is 18.9. The number of benzene rings is 1. The number of thioether (sulfide) groups is 1. The molecule has 0 radical (unpaired) electrons. The monoisotopic (exact) mass is 844 g/mol. The summed E-state index contributed by atoms with van der Waals surface area (Å²) in [4.78, 5) is 106. The zero-order chi connectivity index (χ0) is 45.0. The van der Waals surface area contributed by atoms with Gasteiger partial charge in [-0.3, -0.25) is 43.3 Å². The Morgan fingerprint density at radius 2 is 1.59 bits per heavy atom. The van der Waals surface area contributed by atoms with Crippen molar-refractivity contribution in [1.29, 1.82) is 0 Å². The van der Waals surface area contributed by atoms with E-state index < -0.39 is 88.2 Å². The van der Waals surface area contributed by atoms with Crippen molar-refractivity contribution < 1.29 is 48.6 Å². The normalized spacial score (nSPS) is 17.5. The van der Waals surface area contributed by atoms with Crippen LogP contribution in [0.1, 0.15) is 93.1 Å². The Morgan fingerprint density at radius 3 is 2.12 bits per heavy atom. The van der Waals surface area contributed by atoms with E-state index in [0.29, 0.717) is 0 Å². The number of Topliss-reactive ketones (excluding diaryl/α,β-unsaturated/α-hetero) is 1. The minimum absolute atomic E-state index is 0.0588. The van der Waals surface area contributed by atoms with Gasteiger partial charge in [0.2, 0.25) is 29.5 Å². The third-order valence-corrected chi connectivity index (χ3v) is 11.9. The molecule has 1 aliphatic rings. The molecule has 2 rings (SSSR count). The number of likely N-dealkylation sites (tertiary alicyclic amines) is 1. The molecular formula is C42H64N6O10S. The number of likely N-dealkylation sites (N-methyl/N-ethyl adjacent to an activating group) is 2. The lowest BCUT2D eigenvalue weighted by Gasteiger charge is -2.40. The number of amides is 5. The number of rotatable bonds is 23. The largest absolute Gasteiger partial charge is 0.481 e. The van der Waals surface area contributed by atoms with E-state index in [-0.39, 0.29) is 61.3 Å². The first-order chi connectivity index (χ1) is 27.3. The number of nitrogens with two attached hydrogens (primary N) is 1. The molecule has 1 heterocycles. The van der Waals surface area contributed by atoms with Crippen LogP contribution < -0.4 is 21.7 Å². The van der Waals surface area contributed by atoms with Gasteiger partial charge < -0.3 is 36.8 Å². The lowest BCUT2D eigenvalue weighted by molar-refractivity contribution is -0.141. The molecule has 16 nitrogen and oxygen atoms in total. The van der Waals surface area contributed by atoms with Gasteiger partial charge in [-0.25, -0.2) is 0 Å². The van der Waals surface area contributed by atoms with E-state index in [2.05, 4.69) is 16.0 Å². The van der Waals surface area contributed by atoms with Gasteiger partial charge in [-0.05, 0) is 43.7 Å². The zero-order valence-electron chi connectivity index (χ0n) is 36.0. The van der Waals surface area contributed by atoms with Gasteiger partial charge in [0.15, 0.2) is 5.78 Å². The van der Waals surface area contributed by atoms with Gasteiger partial charge in [-0.15, -0.1) is 11.8 Å². The first kappa shape index (κ1) is 50.5. The summed E-state index contributed by atoms with van der Waals surface area (Å²) in [5.74, 6) is -5.49. The van der Waals surface area contributed by atoms with E-state index in [4.69, 9.17) is 10.8 Å². The van der Waals surface area contributed by atoms with Crippen LogP contribution in [0, 0.1) is 11.3 Å². The smallest absolute Gasteiger partial charge is 0.321 e. The van der Waals surface area contributed by atoms with E-state index in [1.165, 1.54) is 11.8 Å². The third kappa shape index (κ3) is 14.3. The third-order valence-electron chi connectivity index (χ3n) is 10.6. The number of hydrogen-bond acceptors (Lipinski definition) is 11. The number of ketones is 1. The fourth-order valence-corrected chi connectivity index (χ4v) is 8.02. The highest BCUT2D eigenvalue weighted by Gasteiger charge is 2.42. The first-order valence-corrected chi connectivity index (χ1v) is 20.9. The maximum atomic E-state index is 14.3. The van der Waals surface area contributed by atoms with Gasteiger partial charge in [0.05, 0.1) is 23.4 Å². The summed E-state index contributed by atoms with van der Waals surface area (Å²) in [5.41, 5.74) is 5.29. The molecule has 328 valence electrons. The molecule has 1 fully saturated rings. The Morgan fingerprint density at radius 1 is 0.983 bits per heavy atom. The van der Waals surface area contributed by atoms with Crippen LogP contribution in [0.3, 0.4) is 0 Å². The van der Waals surface area contributed by atoms with Crippen LogP contribution >= 0.6 is 11.8 Å². The van der Waals surface area contributed by atoms with E-state index in [1.54, 1.807) is 20.2 Å². The number of imide groups is 1. The summed E-state index contributed by atoms with van der Waals surface area (Å²) in [6, 6.07) is 4.96. The van der Waals surface area contributed by atoms with Crippen LogP contribution in [-0.4, -0.2) is 129 Å². The average Bonchev–Trinajstić information content (AvgIpc) is 3.43. The molecule has 5 amide bonds. The van der Waals surface area contributed by atoms with E-state index >= 15 is 0 Å². The predicted molar refractivity (Wildman–Crippen MR) is 225 cm³/mol. The van der Waals surface area contributed by atoms with E-state index in [9.17, 15) is 43.5 Å². The molecule has 1 saturated heterocycles. The van der Waals surface area contributed by atoms with Crippen LogP contribution in [0.2, 0.25) is 0 Å². The number of aliphatic carboxylic acids is 2. The minimum Gasteiger partial charge on any atom is -0.481 e. The number of carboxylic acids is 2. The van der Waals surface area contributed by atoms with Gasteiger partial charge in [0.1, 0.15) is 12.1 Å². The fraction of sp³-hybridized carbons (Fsp3) is 0.619. The summed E-state index contributed by atoms with van der Waals surface area (Å²) in [6.07, 6.45) is 0.751. The van der Waals surface area contributed by atoms with Gasteiger partial charge in [0, 0.05) is 49.6 Å². The van der Waals surface area contributed by atoms with Crippen molar-refractivity contribution in [2.75, 3.05) is 26.4 Å². The summed E-state index contributed by atoms with van der Waals surface area (Å²) >= 11 is 0.981. The summed E-state index contributed by atoms with van der Waals surface area (Å²) in [5, 5.41) is 26.4. The lowest BCUT2D eigenvalue weighted by atomic mass is 9.76. The molecule has 0 bridgehead atoms. The number of hydrogen-bond donors (Lipinski definition) is 6. The number of nitrogens with one attached hydrogen (secondary N) is 3. The average molecular weight is 845 g/mol. The first-order valence-electron chi connectivity index (χ1n) is 19.8. The SMILES string of the molecule is CN[C@H](C(=O)N[C@H](C(=O)N(C)[C@H](/C=C(\C)C(=O)N[C@H](CCC(=O)O)C(=O)CCCN1C(=O)CC(SC[C@H](N)C(=O)O)C1=O)C(C)C)C(C)(C)C)C(C)(C)c1ccccc1. The lowest BCUT2D eigenvalue weighted by Crippen LogP contribution is -2.61. The summed E-state index contributed by atoms with van der Waals surface area (Å²) < 4.78 is 0. The Hall–Kier alpha value is -4.61. The summed E-state index contributed by atoms with van der Waals surface area (Å²) in [6.45, 7) is 14.7. The molecule has 17 heteroatoms. The van der Waals surface area contributed by atoms with Gasteiger partial charge in [-0.1, -0.05) is 84.9 Å². The molecule has 1 aliphatic heterocycles. The Bertz CT molecular complexity index is 1730. The second kappa shape index (κ2) is 22.1. The molecule has 0 spiro atoms. The maximum Gasteiger partial charge on any atom is 0.321 e. The molecule has 1 unspecified atom stereocenters. The van der Waals surface area contributed by atoms with Crippen LogP contribution in [-0.2, 0) is 43.8 Å². The topological polar surface area (TPSA) is 246 Å². The second-order valence-electron chi connectivity index (χ2n) is 17.0. The van der Waals surface area contributed by atoms with Crippen molar-refractivity contribution in [2.45, 2.75) is 128 Å². The predicted octanol–water partition coefficient (Wildman–Crippen LogP) is 2.48. The van der Waals surface area contributed by atoms with Crippen molar-refractivity contribution in [2.24, 2.45) is 17.1 Å². The number of carbonyl (C=O) groups excluding carboxylic acids is 6. The van der Waals surface area contributed by atoms with Crippen LogP contribution in [0.4, 0.5) is 0 Å². The Labute approximate surface area is 351 Å². The highest BCUT2D eigenvalue weighted by atomic mass is 32.2. The molecule has 59 heavy (non-hydrogen) atoms. The van der Waals surface area contributed by atoms with Crippen molar-refractivity contribution in [3.05, 3.63) is 47.5 Å². The molecule has 0 saturated carbocycles. The van der Waals surface area contributed by atoms with Crippen LogP contribution in [0.15, 0.2) is 42.0 Å².